The highest BCUT2D eigenvalue weighted by atomic mass is 35.5. The van der Waals surface area contributed by atoms with E-state index in [1.54, 1.807) is 0 Å². The molecule has 7 heteroatoms. The minimum Gasteiger partial charge on any atom is -0.412 e. The van der Waals surface area contributed by atoms with Crippen LogP contribution in [0.25, 0.3) is 0 Å². The summed E-state index contributed by atoms with van der Waals surface area (Å²) in [5.41, 5.74) is 1.24. The molecule has 190 valence electrons. The van der Waals surface area contributed by atoms with Gasteiger partial charge in [-0.3, -0.25) is 9.59 Å². The molecule has 2 amide bonds. The van der Waals surface area contributed by atoms with Crippen molar-refractivity contribution >= 4 is 23.4 Å². The molecule has 1 aromatic rings. The zero-order valence-electron chi connectivity index (χ0n) is 19.9. The molecule has 0 radical (unpaired) electrons. The molecule has 1 saturated heterocycles. The van der Waals surface area contributed by atoms with Gasteiger partial charge in [0.2, 0.25) is 11.8 Å². The average molecular weight is 485 g/mol. The molecule has 3 rings (SSSR count). The van der Waals surface area contributed by atoms with Gasteiger partial charge in [-0.2, -0.15) is 0 Å². The lowest BCUT2D eigenvalue weighted by Gasteiger charge is -2.46. The molecule has 1 aliphatic carbocycles. The summed E-state index contributed by atoms with van der Waals surface area (Å²) in [5.74, 6) is 0.657. The molecule has 0 spiro atoms. The largest absolute Gasteiger partial charge is 0.412 e. The third kappa shape index (κ3) is 7.69. The number of nitrogens with zero attached hydrogens (tertiary/aromatic N) is 1. The van der Waals surface area contributed by atoms with Gasteiger partial charge in [0.25, 0.3) is 0 Å². The van der Waals surface area contributed by atoms with E-state index in [2.05, 4.69) is 31.3 Å². The van der Waals surface area contributed by atoms with Crippen LogP contribution in [0.2, 0.25) is 5.02 Å². The van der Waals surface area contributed by atoms with E-state index >= 15 is 0 Å². The normalized spacial score (nSPS) is 21.2. The lowest BCUT2D eigenvalue weighted by atomic mass is 9.70. The van der Waals surface area contributed by atoms with Crippen LogP contribution >= 0.6 is 11.6 Å². The third-order valence-electron chi connectivity index (χ3n) is 7.02. The standard InChI is InChI=1S/C25H37ClN2O2.CH4.2H2O/c1-17(2)22(27-23(29)19-8-6-5-7-9-19)24(30)28-15-14-21(25(3,4)16-28)18-10-12-20(26)13-11-18;;;/h10-13,17,19,21-22H,5-9,14-16H2,1-4H3,(H,27,29);1H4;2*1H2/t21?,22-;;;/m1.../s1. The van der Waals surface area contributed by atoms with Crippen LogP contribution in [0, 0.1) is 17.3 Å². The van der Waals surface area contributed by atoms with Crippen LogP contribution < -0.4 is 5.32 Å². The second-order valence-electron chi connectivity index (χ2n) is 10.2. The van der Waals surface area contributed by atoms with Crippen molar-refractivity contribution in [1.82, 2.24) is 10.2 Å². The smallest absolute Gasteiger partial charge is 0.245 e. The van der Waals surface area contributed by atoms with E-state index in [1.165, 1.54) is 12.0 Å². The highest BCUT2D eigenvalue weighted by Crippen LogP contribution is 2.42. The average Bonchev–Trinajstić information content (AvgIpc) is 2.72. The SMILES string of the molecule is C.CC(C)[C@@H](NC(=O)C1CCCCC1)C(=O)N1CCC(c2ccc(Cl)cc2)C(C)(C)C1.O.O. The lowest BCUT2D eigenvalue weighted by Crippen LogP contribution is -2.56. The quantitative estimate of drug-likeness (QED) is 0.667. The number of halogens is 1. The van der Waals surface area contributed by atoms with E-state index in [9.17, 15) is 9.59 Å². The Labute approximate surface area is 205 Å². The molecule has 5 N–H and O–H groups in total. The molecule has 1 aromatic carbocycles. The Morgan fingerprint density at radius 1 is 1.03 bits per heavy atom. The summed E-state index contributed by atoms with van der Waals surface area (Å²) in [6.45, 7) is 9.93. The van der Waals surface area contributed by atoms with Crippen molar-refractivity contribution in [3.05, 3.63) is 34.9 Å². The Bertz CT molecular complexity index is 745. The van der Waals surface area contributed by atoms with Gasteiger partial charge >= 0.3 is 0 Å². The van der Waals surface area contributed by atoms with E-state index < -0.39 is 6.04 Å². The van der Waals surface area contributed by atoms with Gasteiger partial charge in [0.1, 0.15) is 6.04 Å². The fourth-order valence-corrected chi connectivity index (χ4v) is 5.33. The number of hydrogen-bond donors (Lipinski definition) is 1. The Balaban J connectivity index is 0.00000341. The van der Waals surface area contributed by atoms with Crippen LogP contribution in [0.15, 0.2) is 24.3 Å². The number of rotatable bonds is 5. The molecule has 1 heterocycles. The molecule has 1 aliphatic heterocycles. The van der Waals surface area contributed by atoms with Gasteiger partial charge in [0.05, 0.1) is 0 Å². The Hall–Kier alpha value is -1.63. The van der Waals surface area contributed by atoms with E-state index in [4.69, 9.17) is 11.6 Å². The van der Waals surface area contributed by atoms with Gasteiger partial charge in [-0.1, -0.05) is 78.1 Å². The predicted molar refractivity (Wildman–Crippen MR) is 136 cm³/mol. The molecular weight excluding hydrogens is 440 g/mol. The summed E-state index contributed by atoms with van der Waals surface area (Å²) in [4.78, 5) is 28.2. The molecule has 0 aromatic heterocycles. The summed E-state index contributed by atoms with van der Waals surface area (Å²) in [6.07, 6.45) is 6.26. The number of benzene rings is 1. The molecule has 2 fully saturated rings. The van der Waals surface area contributed by atoms with Crippen molar-refractivity contribution in [2.24, 2.45) is 17.3 Å². The van der Waals surface area contributed by atoms with Crippen molar-refractivity contribution < 1.29 is 20.5 Å². The Morgan fingerprint density at radius 3 is 2.12 bits per heavy atom. The second kappa shape index (κ2) is 13.3. The third-order valence-corrected chi connectivity index (χ3v) is 7.27. The van der Waals surface area contributed by atoms with E-state index in [0.717, 1.165) is 43.7 Å². The number of amides is 2. The Morgan fingerprint density at radius 2 is 1.61 bits per heavy atom. The summed E-state index contributed by atoms with van der Waals surface area (Å²) in [7, 11) is 0. The lowest BCUT2D eigenvalue weighted by molar-refractivity contribution is -0.141. The topological polar surface area (TPSA) is 112 Å². The first-order valence-corrected chi connectivity index (χ1v) is 11.9. The van der Waals surface area contributed by atoms with E-state index in [0.29, 0.717) is 12.5 Å². The van der Waals surface area contributed by atoms with Crippen molar-refractivity contribution in [3.63, 3.8) is 0 Å². The van der Waals surface area contributed by atoms with Crippen LogP contribution in [0.4, 0.5) is 0 Å². The van der Waals surface area contributed by atoms with Crippen LogP contribution in [0.5, 0.6) is 0 Å². The fourth-order valence-electron chi connectivity index (χ4n) is 5.20. The fraction of sp³-hybridized carbons (Fsp3) is 0.692. The van der Waals surface area contributed by atoms with Crippen molar-refractivity contribution in [2.75, 3.05) is 13.1 Å². The molecule has 1 saturated carbocycles. The summed E-state index contributed by atoms with van der Waals surface area (Å²) in [5, 5.41) is 3.86. The van der Waals surface area contributed by atoms with E-state index in [1.807, 2.05) is 30.9 Å². The molecule has 1 unspecified atom stereocenters. The maximum Gasteiger partial charge on any atom is 0.245 e. The molecule has 2 aliphatic rings. The highest BCUT2D eigenvalue weighted by Gasteiger charge is 2.40. The van der Waals surface area contributed by atoms with E-state index in [-0.39, 0.29) is 47.4 Å². The molecule has 6 nitrogen and oxygen atoms in total. The van der Waals surface area contributed by atoms with Crippen LogP contribution in [-0.4, -0.2) is 46.8 Å². The summed E-state index contributed by atoms with van der Waals surface area (Å²) < 4.78 is 0. The number of carbonyl (C=O) groups excluding carboxylic acids is 2. The maximum atomic E-state index is 13.4. The molecular formula is C26H45ClN2O4. The van der Waals surface area contributed by atoms with Crippen LogP contribution in [0.3, 0.4) is 0 Å². The number of hydrogen-bond acceptors (Lipinski definition) is 2. The molecule has 33 heavy (non-hydrogen) atoms. The minimum atomic E-state index is -0.442. The van der Waals surface area contributed by atoms with Gasteiger partial charge in [-0.25, -0.2) is 0 Å². The molecule has 2 atom stereocenters. The number of piperidine rings is 1. The van der Waals surface area contributed by atoms with Crippen molar-refractivity contribution in [1.29, 1.82) is 0 Å². The zero-order chi connectivity index (χ0) is 21.9. The Kier molecular flexibility index (Phi) is 12.6. The summed E-state index contributed by atoms with van der Waals surface area (Å²) in [6, 6.07) is 7.66. The first-order valence-electron chi connectivity index (χ1n) is 11.5. The zero-order valence-corrected chi connectivity index (χ0v) is 20.7. The van der Waals surface area contributed by atoms with Crippen LogP contribution in [-0.2, 0) is 9.59 Å². The second-order valence-corrected chi connectivity index (χ2v) is 10.6. The first-order chi connectivity index (χ1) is 14.2. The van der Waals surface area contributed by atoms with Gasteiger partial charge in [0, 0.05) is 24.0 Å². The van der Waals surface area contributed by atoms with Gasteiger partial charge in [-0.05, 0) is 54.2 Å². The number of carbonyl (C=O) groups is 2. The van der Waals surface area contributed by atoms with Crippen LogP contribution in [0.1, 0.15) is 85.1 Å². The predicted octanol–water partition coefficient (Wildman–Crippen LogP) is 4.39. The van der Waals surface area contributed by atoms with Crippen molar-refractivity contribution in [2.45, 2.75) is 85.6 Å². The number of likely N-dealkylation sites (tertiary alicyclic amines) is 1. The highest BCUT2D eigenvalue weighted by molar-refractivity contribution is 6.30. The first kappa shape index (κ1) is 31.4. The summed E-state index contributed by atoms with van der Waals surface area (Å²) >= 11 is 6.06. The van der Waals surface area contributed by atoms with Gasteiger partial charge < -0.3 is 21.2 Å². The maximum absolute atomic E-state index is 13.4. The number of nitrogens with one attached hydrogen (secondary N) is 1. The van der Waals surface area contributed by atoms with Gasteiger partial charge in [0.15, 0.2) is 0 Å². The van der Waals surface area contributed by atoms with Gasteiger partial charge in [-0.15, -0.1) is 0 Å². The minimum absolute atomic E-state index is 0. The molecule has 0 bridgehead atoms. The van der Waals surface area contributed by atoms with Crippen molar-refractivity contribution in [3.8, 4) is 0 Å². The monoisotopic (exact) mass is 484 g/mol.